The van der Waals surface area contributed by atoms with Crippen molar-refractivity contribution < 1.29 is 33.6 Å². The number of rotatable bonds is 11. The van der Waals surface area contributed by atoms with E-state index in [0.717, 1.165) is 24.8 Å². The van der Waals surface area contributed by atoms with Crippen LogP contribution in [0.5, 0.6) is 23.0 Å². The Morgan fingerprint density at radius 3 is 2.44 bits per heavy atom. The Morgan fingerprint density at radius 2 is 1.68 bits per heavy atom. The first-order chi connectivity index (χ1) is 20.0. The van der Waals surface area contributed by atoms with Gasteiger partial charge in [0.25, 0.3) is 11.7 Å². The van der Waals surface area contributed by atoms with Gasteiger partial charge in [0.1, 0.15) is 19.0 Å². The number of unbranched alkanes of at least 4 members (excludes halogenated alkanes) is 2. The van der Waals surface area contributed by atoms with Gasteiger partial charge in [0.2, 0.25) is 0 Å². The molecule has 2 aliphatic rings. The molecule has 41 heavy (non-hydrogen) atoms. The molecule has 0 aromatic heterocycles. The summed E-state index contributed by atoms with van der Waals surface area (Å²) in [6, 6.07) is 19.0. The zero-order valence-electron chi connectivity index (χ0n) is 23.4. The molecule has 1 atom stereocenters. The van der Waals surface area contributed by atoms with E-state index in [0.29, 0.717) is 60.6 Å². The molecule has 1 saturated heterocycles. The molecule has 8 nitrogen and oxygen atoms in total. The predicted octanol–water partition coefficient (Wildman–Crippen LogP) is 6.05. The largest absolute Gasteiger partial charge is 0.507 e. The summed E-state index contributed by atoms with van der Waals surface area (Å²) in [6.07, 6.45) is 3.08. The van der Waals surface area contributed by atoms with Gasteiger partial charge in [-0.15, -0.1) is 0 Å². The van der Waals surface area contributed by atoms with E-state index in [9.17, 15) is 14.7 Å². The van der Waals surface area contributed by atoms with Gasteiger partial charge < -0.3 is 29.0 Å². The smallest absolute Gasteiger partial charge is 0.295 e. The number of hydrogen-bond acceptors (Lipinski definition) is 7. The van der Waals surface area contributed by atoms with E-state index in [2.05, 4.69) is 6.92 Å². The molecule has 214 valence electrons. The van der Waals surface area contributed by atoms with Crippen LogP contribution in [0.4, 0.5) is 0 Å². The average molecular weight is 558 g/mol. The Hall–Kier alpha value is -4.46. The second-order valence-corrected chi connectivity index (χ2v) is 9.97. The van der Waals surface area contributed by atoms with Gasteiger partial charge in [-0.1, -0.05) is 56.2 Å². The van der Waals surface area contributed by atoms with Crippen molar-refractivity contribution in [2.75, 3.05) is 26.4 Å². The van der Waals surface area contributed by atoms with Crippen molar-refractivity contribution >= 4 is 17.4 Å². The van der Waals surface area contributed by atoms with Crippen molar-refractivity contribution in [1.82, 2.24) is 4.90 Å². The van der Waals surface area contributed by atoms with Gasteiger partial charge in [-0.05, 0) is 54.8 Å². The van der Waals surface area contributed by atoms with Crippen molar-refractivity contribution in [1.29, 1.82) is 0 Å². The third-order valence-electron chi connectivity index (χ3n) is 7.14. The summed E-state index contributed by atoms with van der Waals surface area (Å²) >= 11 is 0. The fourth-order valence-corrected chi connectivity index (χ4v) is 5.13. The van der Waals surface area contributed by atoms with Gasteiger partial charge in [0.15, 0.2) is 23.0 Å². The normalized spacial score (nSPS) is 17.5. The quantitative estimate of drug-likeness (QED) is 0.133. The van der Waals surface area contributed by atoms with Gasteiger partial charge in [-0.2, -0.15) is 0 Å². The molecule has 8 heteroatoms. The van der Waals surface area contributed by atoms with E-state index in [1.54, 1.807) is 30.3 Å². The Balaban J connectivity index is 1.59. The summed E-state index contributed by atoms with van der Waals surface area (Å²) in [7, 11) is 0. The summed E-state index contributed by atoms with van der Waals surface area (Å²) in [4.78, 5) is 28.5. The Labute approximate surface area is 240 Å². The number of ether oxygens (including phenoxy) is 4. The zero-order valence-corrected chi connectivity index (χ0v) is 23.4. The number of carbonyl (C=O) groups is 2. The van der Waals surface area contributed by atoms with Gasteiger partial charge in [-0.3, -0.25) is 9.59 Å². The lowest BCUT2D eigenvalue weighted by atomic mass is 9.94. The van der Waals surface area contributed by atoms with Crippen molar-refractivity contribution in [2.45, 2.75) is 45.7 Å². The highest BCUT2D eigenvalue weighted by molar-refractivity contribution is 6.46. The molecule has 1 N–H and O–H groups in total. The predicted molar refractivity (Wildman–Crippen MR) is 154 cm³/mol. The molecule has 3 aromatic carbocycles. The first kappa shape index (κ1) is 28.1. The van der Waals surface area contributed by atoms with Crippen molar-refractivity contribution in [2.24, 2.45) is 0 Å². The fraction of sp³-hybridized carbons (Fsp3) is 0.333. The molecule has 0 radical (unpaired) electrons. The van der Waals surface area contributed by atoms with Gasteiger partial charge in [0, 0.05) is 12.1 Å². The summed E-state index contributed by atoms with van der Waals surface area (Å²) in [5, 5.41) is 11.5. The average Bonchev–Trinajstić information content (AvgIpc) is 3.25. The number of fused-ring (bicyclic) bond motifs is 1. The zero-order chi connectivity index (χ0) is 28.8. The maximum absolute atomic E-state index is 13.6. The van der Waals surface area contributed by atoms with Crippen molar-refractivity contribution in [3.8, 4) is 23.0 Å². The number of aliphatic hydroxyl groups excluding tert-OH is 1. The summed E-state index contributed by atoms with van der Waals surface area (Å²) in [5.41, 5.74) is 1.85. The third kappa shape index (κ3) is 6.01. The van der Waals surface area contributed by atoms with Crippen LogP contribution >= 0.6 is 0 Å². The Kier molecular flexibility index (Phi) is 8.77. The minimum absolute atomic E-state index is 0.00155. The second-order valence-electron chi connectivity index (χ2n) is 9.97. The van der Waals surface area contributed by atoms with E-state index < -0.39 is 17.7 Å². The van der Waals surface area contributed by atoms with Crippen LogP contribution in [0.25, 0.3) is 5.76 Å². The van der Waals surface area contributed by atoms with E-state index in [-0.39, 0.29) is 17.9 Å². The topological polar surface area (TPSA) is 94.5 Å². The van der Waals surface area contributed by atoms with E-state index in [4.69, 9.17) is 18.9 Å². The van der Waals surface area contributed by atoms with Crippen molar-refractivity contribution in [3.63, 3.8) is 0 Å². The first-order valence-electron chi connectivity index (χ1n) is 14.1. The minimum Gasteiger partial charge on any atom is -0.507 e. The Morgan fingerprint density at radius 1 is 0.902 bits per heavy atom. The van der Waals surface area contributed by atoms with Crippen LogP contribution < -0.4 is 18.9 Å². The lowest BCUT2D eigenvalue weighted by Gasteiger charge is -2.26. The van der Waals surface area contributed by atoms with Gasteiger partial charge in [0.05, 0.1) is 24.8 Å². The molecule has 0 unspecified atom stereocenters. The standard InChI is InChI=1S/C33H35NO7/c1-3-5-9-16-39-25-14-12-23(19-27(25)38-4-2)30-29(31(35)24-13-15-26-28(20-24)41-18-17-40-26)32(36)33(37)34(30)21-22-10-7-6-8-11-22/h6-8,10-15,19-20,30,35H,3-5,9,16-18,21H2,1-2H3/t30-/m0/s1. The van der Waals surface area contributed by atoms with Crippen LogP contribution in [0.3, 0.4) is 0 Å². The van der Waals surface area contributed by atoms with Crippen LogP contribution in [0.2, 0.25) is 0 Å². The number of nitrogens with zero attached hydrogens (tertiary/aromatic N) is 1. The first-order valence-corrected chi connectivity index (χ1v) is 14.1. The van der Waals surface area contributed by atoms with Crippen LogP contribution in [-0.4, -0.2) is 48.1 Å². The number of amides is 1. The number of benzene rings is 3. The lowest BCUT2D eigenvalue weighted by molar-refractivity contribution is -0.140. The monoisotopic (exact) mass is 557 g/mol. The fourth-order valence-electron chi connectivity index (χ4n) is 5.13. The Bertz CT molecular complexity index is 1430. The van der Waals surface area contributed by atoms with Crippen LogP contribution in [0.1, 0.15) is 55.8 Å². The SMILES string of the molecule is CCCCCOc1ccc([C@H]2C(=C(O)c3ccc4c(c3)OCCO4)C(=O)C(=O)N2Cc2ccccc2)cc1OCC. The molecule has 1 amide bonds. The van der Waals surface area contributed by atoms with Crippen molar-refractivity contribution in [3.05, 3.63) is 89.0 Å². The van der Waals surface area contributed by atoms with Crippen LogP contribution in [0.15, 0.2) is 72.3 Å². The highest BCUT2D eigenvalue weighted by atomic mass is 16.6. The van der Waals surface area contributed by atoms with Gasteiger partial charge >= 0.3 is 0 Å². The van der Waals surface area contributed by atoms with E-state index in [1.807, 2.05) is 43.3 Å². The molecule has 3 aromatic rings. The van der Waals surface area contributed by atoms with E-state index >= 15 is 0 Å². The number of aliphatic hydroxyl groups is 1. The van der Waals surface area contributed by atoms with Crippen LogP contribution in [0, 0.1) is 0 Å². The number of Topliss-reactive ketones (excluding diaryl/α,β-unsaturated/α-hetero) is 1. The summed E-state index contributed by atoms with van der Waals surface area (Å²) in [6.45, 7) is 6.00. The summed E-state index contributed by atoms with van der Waals surface area (Å²) < 4.78 is 23.2. The lowest BCUT2D eigenvalue weighted by Crippen LogP contribution is -2.29. The molecular formula is C33H35NO7. The molecule has 1 fully saturated rings. The molecule has 2 aliphatic heterocycles. The van der Waals surface area contributed by atoms with Gasteiger partial charge in [-0.25, -0.2) is 0 Å². The number of carbonyl (C=O) groups excluding carboxylic acids is 2. The summed E-state index contributed by atoms with van der Waals surface area (Å²) in [5.74, 6) is 0.429. The number of ketones is 1. The highest BCUT2D eigenvalue weighted by Gasteiger charge is 2.46. The second kappa shape index (κ2) is 12.8. The molecular weight excluding hydrogens is 522 g/mol. The maximum Gasteiger partial charge on any atom is 0.295 e. The molecule has 0 bridgehead atoms. The van der Waals surface area contributed by atoms with E-state index in [1.165, 1.54) is 4.90 Å². The molecule has 5 rings (SSSR count). The molecule has 2 heterocycles. The molecule has 0 spiro atoms. The maximum atomic E-state index is 13.6. The minimum atomic E-state index is -0.850. The van der Waals surface area contributed by atoms with Crippen LogP contribution in [-0.2, 0) is 16.1 Å². The highest BCUT2D eigenvalue weighted by Crippen LogP contribution is 2.43. The molecule has 0 aliphatic carbocycles. The number of hydrogen-bond donors (Lipinski definition) is 1. The third-order valence-corrected chi connectivity index (χ3v) is 7.14. The number of likely N-dealkylation sites (tertiary alicyclic amines) is 1. The molecule has 0 saturated carbocycles.